The van der Waals surface area contributed by atoms with Crippen LogP contribution in [0.3, 0.4) is 0 Å². The Balaban J connectivity index is 1.81. The lowest BCUT2D eigenvalue weighted by Gasteiger charge is -2.53. The van der Waals surface area contributed by atoms with Gasteiger partial charge in [0.25, 0.3) is 0 Å². The number of rotatable bonds is 3. The molecule has 0 aromatic heterocycles. The monoisotopic (exact) mass is 302 g/mol. The minimum absolute atomic E-state index is 0.160. The number of hydrogen-bond acceptors (Lipinski definition) is 2. The van der Waals surface area contributed by atoms with Crippen LogP contribution in [0, 0.1) is 22.7 Å². The largest absolute Gasteiger partial charge is 0.458 e. The Labute approximate surface area is 135 Å². The van der Waals surface area contributed by atoms with Crippen molar-refractivity contribution < 1.29 is 9.53 Å². The molecule has 1 fully saturated rings. The summed E-state index contributed by atoms with van der Waals surface area (Å²) in [7, 11) is 0. The number of esters is 1. The molecule has 1 aliphatic heterocycles. The van der Waals surface area contributed by atoms with Gasteiger partial charge in [0.1, 0.15) is 6.61 Å². The van der Waals surface area contributed by atoms with E-state index in [0.29, 0.717) is 12.0 Å². The quantitative estimate of drug-likeness (QED) is 0.539. The predicted octanol–water partition coefficient (Wildman–Crippen LogP) is 5.05. The summed E-state index contributed by atoms with van der Waals surface area (Å²) in [5.41, 5.74) is 3.62. The van der Waals surface area contributed by atoms with Crippen molar-refractivity contribution in [3.05, 3.63) is 23.3 Å². The number of cyclic esters (lactones) is 1. The molecule has 0 aromatic carbocycles. The first kappa shape index (κ1) is 15.8. The zero-order chi connectivity index (χ0) is 16.0. The average Bonchev–Trinajstić information content (AvgIpc) is 2.87. The zero-order valence-corrected chi connectivity index (χ0v) is 14.6. The fourth-order valence-electron chi connectivity index (χ4n) is 4.90. The van der Waals surface area contributed by atoms with E-state index in [-0.39, 0.29) is 11.4 Å². The van der Waals surface area contributed by atoms with Gasteiger partial charge in [0.05, 0.1) is 0 Å². The molecule has 22 heavy (non-hydrogen) atoms. The van der Waals surface area contributed by atoms with Gasteiger partial charge in [-0.3, -0.25) is 0 Å². The highest BCUT2D eigenvalue weighted by Gasteiger charge is 2.47. The number of fused-ring (bicyclic) bond motifs is 1. The van der Waals surface area contributed by atoms with E-state index >= 15 is 0 Å². The van der Waals surface area contributed by atoms with Crippen LogP contribution in [0.15, 0.2) is 23.3 Å². The Morgan fingerprint density at radius 1 is 1.27 bits per heavy atom. The fraction of sp³-hybridized carbons (Fsp3) is 0.750. The van der Waals surface area contributed by atoms with Gasteiger partial charge in [-0.25, -0.2) is 4.79 Å². The third-order valence-electron chi connectivity index (χ3n) is 6.79. The highest BCUT2D eigenvalue weighted by atomic mass is 16.5. The van der Waals surface area contributed by atoms with E-state index in [1.807, 2.05) is 0 Å². The molecule has 2 heteroatoms. The normalized spacial score (nSPS) is 37.2. The maximum Gasteiger partial charge on any atom is 0.331 e. The molecular weight excluding hydrogens is 272 g/mol. The molecule has 122 valence electrons. The van der Waals surface area contributed by atoms with Crippen molar-refractivity contribution in [2.75, 3.05) is 6.61 Å². The second kappa shape index (κ2) is 5.54. The molecule has 2 aliphatic carbocycles. The number of carbonyl (C=O) groups is 1. The minimum Gasteiger partial charge on any atom is -0.458 e. The summed E-state index contributed by atoms with van der Waals surface area (Å²) in [6.07, 6.45) is 11.6. The SMILES string of the molecule is C[C@@H]1CC[C@@H]2C(=CCCC2(C)C)[C@@]1(C)CCC1=CC(=O)OC1. The van der Waals surface area contributed by atoms with Gasteiger partial charge >= 0.3 is 5.97 Å². The molecule has 3 rings (SSSR count). The van der Waals surface area contributed by atoms with E-state index in [2.05, 4.69) is 33.8 Å². The molecule has 0 radical (unpaired) electrons. The first-order valence-electron chi connectivity index (χ1n) is 8.90. The van der Waals surface area contributed by atoms with Gasteiger partial charge in [-0.2, -0.15) is 0 Å². The van der Waals surface area contributed by atoms with Gasteiger partial charge < -0.3 is 4.74 Å². The predicted molar refractivity (Wildman–Crippen MR) is 89.4 cm³/mol. The zero-order valence-electron chi connectivity index (χ0n) is 14.6. The van der Waals surface area contributed by atoms with E-state index in [0.717, 1.165) is 24.7 Å². The van der Waals surface area contributed by atoms with Crippen LogP contribution in [0.1, 0.15) is 66.2 Å². The van der Waals surface area contributed by atoms with Crippen molar-refractivity contribution in [1.29, 1.82) is 0 Å². The molecule has 0 N–H and O–H groups in total. The molecule has 1 saturated carbocycles. The molecule has 0 unspecified atom stereocenters. The van der Waals surface area contributed by atoms with E-state index in [9.17, 15) is 4.79 Å². The van der Waals surface area contributed by atoms with Gasteiger partial charge in [0.15, 0.2) is 0 Å². The summed E-state index contributed by atoms with van der Waals surface area (Å²) in [5, 5.41) is 0. The first-order valence-corrected chi connectivity index (χ1v) is 8.90. The van der Waals surface area contributed by atoms with Crippen molar-refractivity contribution in [2.45, 2.75) is 66.2 Å². The molecule has 0 saturated heterocycles. The van der Waals surface area contributed by atoms with Crippen LogP contribution >= 0.6 is 0 Å². The molecule has 0 bridgehead atoms. The lowest BCUT2D eigenvalue weighted by molar-refractivity contribution is -0.134. The maximum atomic E-state index is 11.3. The van der Waals surface area contributed by atoms with E-state index in [1.54, 1.807) is 11.6 Å². The summed E-state index contributed by atoms with van der Waals surface area (Å²) < 4.78 is 5.06. The van der Waals surface area contributed by atoms with Crippen molar-refractivity contribution >= 4 is 5.97 Å². The minimum atomic E-state index is -0.160. The molecule has 0 spiro atoms. The van der Waals surface area contributed by atoms with Gasteiger partial charge in [-0.1, -0.05) is 39.3 Å². The van der Waals surface area contributed by atoms with Crippen LogP contribution < -0.4 is 0 Å². The number of allylic oxidation sites excluding steroid dienone is 2. The van der Waals surface area contributed by atoms with Crippen LogP contribution in [-0.2, 0) is 9.53 Å². The van der Waals surface area contributed by atoms with Crippen LogP contribution in [0.5, 0.6) is 0 Å². The summed E-state index contributed by atoms with van der Waals surface area (Å²) in [4.78, 5) is 11.3. The highest BCUT2D eigenvalue weighted by Crippen LogP contribution is 2.58. The number of carbonyl (C=O) groups excluding carboxylic acids is 1. The summed E-state index contributed by atoms with van der Waals surface area (Å²) in [6.45, 7) is 10.3. The molecular formula is C20H30O2. The summed E-state index contributed by atoms with van der Waals surface area (Å²) in [5.74, 6) is 1.31. The van der Waals surface area contributed by atoms with Crippen LogP contribution in [0.25, 0.3) is 0 Å². The Hall–Kier alpha value is -1.05. The fourth-order valence-corrected chi connectivity index (χ4v) is 4.90. The van der Waals surface area contributed by atoms with Gasteiger partial charge in [-0.15, -0.1) is 0 Å². The Morgan fingerprint density at radius 2 is 2.05 bits per heavy atom. The van der Waals surface area contributed by atoms with E-state index in [1.165, 1.54) is 31.3 Å². The highest BCUT2D eigenvalue weighted by molar-refractivity contribution is 5.85. The Bertz CT molecular complexity index is 526. The van der Waals surface area contributed by atoms with Crippen LogP contribution in [0.2, 0.25) is 0 Å². The second-order valence-corrected chi connectivity index (χ2v) is 8.55. The molecule has 1 heterocycles. The van der Waals surface area contributed by atoms with Crippen molar-refractivity contribution in [3.8, 4) is 0 Å². The molecule has 3 aliphatic rings. The van der Waals surface area contributed by atoms with Crippen molar-refractivity contribution in [2.24, 2.45) is 22.7 Å². The lowest BCUT2D eigenvalue weighted by atomic mass is 9.52. The number of hydrogen-bond donors (Lipinski definition) is 0. The van der Waals surface area contributed by atoms with Gasteiger partial charge in [-0.05, 0) is 66.8 Å². The van der Waals surface area contributed by atoms with Gasteiger partial charge in [0, 0.05) is 6.08 Å². The van der Waals surface area contributed by atoms with Crippen LogP contribution in [0.4, 0.5) is 0 Å². The van der Waals surface area contributed by atoms with Crippen LogP contribution in [-0.4, -0.2) is 12.6 Å². The van der Waals surface area contributed by atoms with Gasteiger partial charge in [0.2, 0.25) is 0 Å². The van der Waals surface area contributed by atoms with Crippen molar-refractivity contribution in [1.82, 2.24) is 0 Å². The smallest absolute Gasteiger partial charge is 0.331 e. The lowest BCUT2D eigenvalue weighted by Crippen LogP contribution is -2.43. The molecule has 0 amide bonds. The first-order chi connectivity index (χ1) is 10.3. The maximum absolute atomic E-state index is 11.3. The summed E-state index contributed by atoms with van der Waals surface area (Å²) >= 11 is 0. The summed E-state index contributed by atoms with van der Waals surface area (Å²) in [6, 6.07) is 0. The van der Waals surface area contributed by atoms with Crippen molar-refractivity contribution in [3.63, 3.8) is 0 Å². The topological polar surface area (TPSA) is 26.3 Å². The molecule has 2 nitrogen and oxygen atoms in total. The standard InChI is InChI=1S/C20H30O2/c1-14-7-8-16-17(6-5-10-19(16,2)3)20(14,4)11-9-15-12-18(21)22-13-15/h6,12,14,16H,5,7-11,13H2,1-4H3/t14-,16-,20+/m1/s1. The van der Waals surface area contributed by atoms with E-state index < -0.39 is 0 Å². The Kier molecular flexibility index (Phi) is 3.99. The van der Waals surface area contributed by atoms with E-state index in [4.69, 9.17) is 4.74 Å². The third kappa shape index (κ3) is 2.66. The molecule has 3 atom stereocenters. The Morgan fingerprint density at radius 3 is 2.73 bits per heavy atom. The second-order valence-electron chi connectivity index (χ2n) is 8.55. The molecule has 0 aromatic rings. The third-order valence-corrected chi connectivity index (χ3v) is 6.79. The number of ether oxygens (including phenoxy) is 1. The average molecular weight is 302 g/mol.